The number of carbonyl (C=O) groups excluding carboxylic acids is 1. The molecule has 0 heterocycles. The van der Waals surface area contributed by atoms with Gasteiger partial charge in [0.15, 0.2) is 0 Å². The Bertz CT molecular complexity index is 1150. The second kappa shape index (κ2) is 66.9. The second-order valence-corrected chi connectivity index (χ2v) is 23.9. The summed E-state index contributed by atoms with van der Waals surface area (Å²) in [6, 6.07) is -0.645. The van der Waals surface area contributed by atoms with Gasteiger partial charge in [-0.1, -0.05) is 378 Å². The van der Waals surface area contributed by atoms with Gasteiger partial charge in [-0.05, 0) is 44.9 Å². The van der Waals surface area contributed by atoms with Gasteiger partial charge in [-0.15, -0.1) is 0 Å². The van der Waals surface area contributed by atoms with E-state index in [1.54, 1.807) is 6.08 Å². The van der Waals surface area contributed by atoms with Crippen molar-refractivity contribution < 1.29 is 15.0 Å². The Morgan fingerprint density at radius 3 is 0.773 bits per heavy atom. The molecular formula is C71H137NO3. The molecule has 75 heavy (non-hydrogen) atoms. The fourth-order valence-corrected chi connectivity index (χ4v) is 11.1. The van der Waals surface area contributed by atoms with Gasteiger partial charge in [0, 0.05) is 6.42 Å². The van der Waals surface area contributed by atoms with E-state index >= 15 is 0 Å². The summed E-state index contributed by atoms with van der Waals surface area (Å²) in [5.74, 6) is -0.0697. The summed E-state index contributed by atoms with van der Waals surface area (Å²) in [4.78, 5) is 12.5. The monoisotopic (exact) mass is 1050 g/mol. The number of allylic oxidation sites excluding steroid dienone is 5. The third kappa shape index (κ3) is 63.3. The summed E-state index contributed by atoms with van der Waals surface area (Å²) in [6.07, 6.45) is 92.5. The fourth-order valence-electron chi connectivity index (χ4n) is 11.1. The highest BCUT2D eigenvalue weighted by molar-refractivity contribution is 5.76. The predicted octanol–water partition coefficient (Wildman–Crippen LogP) is 23.5. The smallest absolute Gasteiger partial charge is 0.220 e. The molecule has 0 aliphatic rings. The van der Waals surface area contributed by atoms with E-state index in [0.717, 1.165) is 38.5 Å². The number of rotatable bonds is 65. The van der Waals surface area contributed by atoms with E-state index in [1.807, 2.05) is 6.08 Å². The summed E-state index contributed by atoms with van der Waals surface area (Å²) in [7, 11) is 0. The molecule has 4 nitrogen and oxygen atoms in total. The molecule has 0 saturated heterocycles. The van der Waals surface area contributed by atoms with Gasteiger partial charge in [-0.3, -0.25) is 4.79 Å². The van der Waals surface area contributed by atoms with Crippen molar-refractivity contribution in [1.82, 2.24) is 5.32 Å². The van der Waals surface area contributed by atoms with E-state index in [0.29, 0.717) is 6.42 Å². The molecule has 0 aromatic rings. The Morgan fingerprint density at radius 1 is 0.307 bits per heavy atom. The molecule has 0 rings (SSSR count). The van der Waals surface area contributed by atoms with E-state index in [2.05, 4.69) is 43.5 Å². The van der Waals surface area contributed by atoms with Crippen LogP contribution in [-0.4, -0.2) is 34.9 Å². The molecule has 2 atom stereocenters. The first-order valence-corrected chi connectivity index (χ1v) is 34.7. The minimum atomic E-state index is -0.870. The zero-order valence-corrected chi connectivity index (χ0v) is 51.3. The maximum absolute atomic E-state index is 12.5. The van der Waals surface area contributed by atoms with Crippen molar-refractivity contribution in [2.24, 2.45) is 0 Å². The Balaban J connectivity index is 3.43. The van der Waals surface area contributed by atoms with Crippen LogP contribution in [0.5, 0.6) is 0 Å². The number of unbranched alkanes of at least 4 members (excludes halogenated alkanes) is 54. The molecule has 444 valence electrons. The summed E-state index contributed by atoms with van der Waals surface area (Å²) in [6.45, 7) is 4.34. The minimum Gasteiger partial charge on any atom is -0.394 e. The average Bonchev–Trinajstić information content (AvgIpc) is 3.41. The van der Waals surface area contributed by atoms with Gasteiger partial charge in [-0.2, -0.15) is 0 Å². The third-order valence-corrected chi connectivity index (χ3v) is 16.4. The molecule has 0 aliphatic heterocycles. The number of carbonyl (C=O) groups is 1. The van der Waals surface area contributed by atoms with Crippen LogP contribution in [0.4, 0.5) is 0 Å². The van der Waals surface area contributed by atoms with Crippen LogP contribution < -0.4 is 5.32 Å². The van der Waals surface area contributed by atoms with E-state index in [4.69, 9.17) is 0 Å². The fraction of sp³-hybridized carbons (Fsp3) is 0.901. The van der Waals surface area contributed by atoms with Crippen LogP contribution in [0.1, 0.15) is 393 Å². The average molecular weight is 1050 g/mol. The SMILES string of the molecule is CCCCCCCCCCCCCCCCC/C=C/CC/C=C/CC/C=C/C(O)C(CO)NC(=O)CCCCCCCCCCCCCCCCCCCCCCCCCCCCCCCCCCCCCCCC. The van der Waals surface area contributed by atoms with Crippen LogP contribution in [0.2, 0.25) is 0 Å². The molecule has 2 unspecified atom stereocenters. The van der Waals surface area contributed by atoms with E-state index in [1.165, 1.54) is 334 Å². The van der Waals surface area contributed by atoms with Gasteiger partial charge < -0.3 is 15.5 Å². The van der Waals surface area contributed by atoms with E-state index in [9.17, 15) is 15.0 Å². The maximum atomic E-state index is 12.5. The van der Waals surface area contributed by atoms with Gasteiger partial charge >= 0.3 is 0 Å². The maximum Gasteiger partial charge on any atom is 0.220 e. The molecule has 0 bridgehead atoms. The highest BCUT2D eigenvalue weighted by Crippen LogP contribution is 2.19. The first kappa shape index (κ1) is 73.6. The van der Waals surface area contributed by atoms with Crippen LogP contribution in [0, 0.1) is 0 Å². The normalized spacial score (nSPS) is 12.9. The van der Waals surface area contributed by atoms with Crippen LogP contribution >= 0.6 is 0 Å². The first-order valence-electron chi connectivity index (χ1n) is 34.7. The van der Waals surface area contributed by atoms with Gasteiger partial charge in [0.2, 0.25) is 5.91 Å². The summed E-state index contributed by atoms with van der Waals surface area (Å²) in [5.41, 5.74) is 0. The van der Waals surface area contributed by atoms with Crippen molar-refractivity contribution in [3.8, 4) is 0 Å². The van der Waals surface area contributed by atoms with Crippen molar-refractivity contribution >= 4 is 5.91 Å². The van der Waals surface area contributed by atoms with Crippen molar-refractivity contribution in [1.29, 1.82) is 0 Å². The zero-order chi connectivity index (χ0) is 54.1. The summed E-state index contributed by atoms with van der Waals surface area (Å²) >= 11 is 0. The molecule has 0 radical (unpaired) electrons. The molecule has 0 saturated carbocycles. The van der Waals surface area contributed by atoms with Crippen LogP contribution in [0.15, 0.2) is 36.5 Å². The number of hydrogen-bond acceptors (Lipinski definition) is 3. The molecule has 4 heteroatoms. The minimum absolute atomic E-state index is 0.0697. The summed E-state index contributed by atoms with van der Waals surface area (Å²) in [5, 5.41) is 23.2. The van der Waals surface area contributed by atoms with Crippen molar-refractivity contribution in [2.45, 2.75) is 405 Å². The second-order valence-electron chi connectivity index (χ2n) is 23.9. The van der Waals surface area contributed by atoms with E-state index < -0.39 is 12.1 Å². The van der Waals surface area contributed by atoms with Gasteiger partial charge in [-0.25, -0.2) is 0 Å². The highest BCUT2D eigenvalue weighted by Gasteiger charge is 2.18. The molecular weight excluding hydrogens is 915 g/mol. The Morgan fingerprint density at radius 2 is 0.520 bits per heavy atom. The first-order chi connectivity index (χ1) is 37.2. The highest BCUT2D eigenvalue weighted by atomic mass is 16.3. The number of aliphatic hydroxyl groups is 2. The lowest BCUT2D eigenvalue weighted by atomic mass is 10.0. The Hall–Kier alpha value is -1.39. The quantitative estimate of drug-likeness (QED) is 0.0420. The van der Waals surface area contributed by atoms with Crippen LogP contribution in [-0.2, 0) is 4.79 Å². The van der Waals surface area contributed by atoms with Crippen molar-refractivity contribution in [3.05, 3.63) is 36.5 Å². The molecule has 3 N–H and O–H groups in total. The van der Waals surface area contributed by atoms with Crippen molar-refractivity contribution in [2.75, 3.05) is 6.61 Å². The number of amides is 1. The van der Waals surface area contributed by atoms with Crippen molar-refractivity contribution in [3.63, 3.8) is 0 Å². The predicted molar refractivity (Wildman–Crippen MR) is 336 cm³/mol. The Kier molecular flexibility index (Phi) is 65.6. The molecule has 0 aromatic heterocycles. The topological polar surface area (TPSA) is 69.6 Å². The largest absolute Gasteiger partial charge is 0.394 e. The standard InChI is InChI=1S/C71H137NO3/c1-3-5-7-9-11-13-15-17-19-21-23-25-27-29-30-31-32-33-34-35-36-37-38-39-40-41-43-45-47-49-51-53-55-57-59-61-63-65-67-71(75)72-69(68-73)70(74)66-64-62-60-58-56-54-52-50-48-46-44-42-28-26-24-22-20-18-16-14-12-10-8-6-4-2/h48,50,56,58,64,66,69-70,73-74H,3-47,49,51-55,57,59-63,65,67-68H2,1-2H3,(H,72,75)/b50-48+,58-56+,66-64+. The lowest BCUT2D eigenvalue weighted by Crippen LogP contribution is -2.45. The van der Waals surface area contributed by atoms with Gasteiger partial charge in [0.1, 0.15) is 0 Å². The number of nitrogens with one attached hydrogen (secondary N) is 1. The molecule has 0 aliphatic carbocycles. The third-order valence-electron chi connectivity index (χ3n) is 16.4. The lowest BCUT2D eigenvalue weighted by molar-refractivity contribution is -0.123. The van der Waals surface area contributed by atoms with Crippen LogP contribution in [0.25, 0.3) is 0 Å². The number of aliphatic hydroxyl groups excluding tert-OH is 2. The Labute approximate surface area is 472 Å². The molecule has 1 amide bonds. The number of hydrogen-bond donors (Lipinski definition) is 3. The van der Waals surface area contributed by atoms with Crippen LogP contribution in [0.3, 0.4) is 0 Å². The summed E-state index contributed by atoms with van der Waals surface area (Å²) < 4.78 is 0. The molecule has 0 spiro atoms. The lowest BCUT2D eigenvalue weighted by Gasteiger charge is -2.19. The van der Waals surface area contributed by atoms with E-state index in [-0.39, 0.29) is 12.5 Å². The van der Waals surface area contributed by atoms with Gasteiger partial charge in [0.25, 0.3) is 0 Å². The zero-order valence-electron chi connectivity index (χ0n) is 51.3. The van der Waals surface area contributed by atoms with Gasteiger partial charge in [0.05, 0.1) is 18.8 Å². The molecule has 0 fully saturated rings. The molecule has 0 aromatic carbocycles.